The van der Waals surface area contributed by atoms with Crippen LogP contribution in [0.1, 0.15) is 11.1 Å². The molecule has 0 radical (unpaired) electrons. The predicted octanol–water partition coefficient (Wildman–Crippen LogP) is 4.28. The molecule has 3 heteroatoms. The van der Waals surface area contributed by atoms with Crippen LogP contribution in [0.2, 0.25) is 5.02 Å². The number of anilines is 3. The van der Waals surface area contributed by atoms with Crippen LogP contribution in [0.15, 0.2) is 36.4 Å². The zero-order valence-electron chi connectivity index (χ0n) is 9.92. The van der Waals surface area contributed by atoms with Gasteiger partial charge in [0.1, 0.15) is 0 Å². The number of nitrogens with one attached hydrogen (secondary N) is 1. The Hall–Kier alpha value is -1.67. The number of rotatable bonds is 2. The predicted molar refractivity (Wildman–Crippen MR) is 75.1 cm³/mol. The van der Waals surface area contributed by atoms with Gasteiger partial charge in [-0.25, -0.2) is 0 Å². The molecule has 2 aromatic carbocycles. The maximum Gasteiger partial charge on any atom is 0.0619 e. The van der Waals surface area contributed by atoms with E-state index in [4.69, 9.17) is 17.3 Å². The van der Waals surface area contributed by atoms with Crippen molar-refractivity contribution in [3.63, 3.8) is 0 Å². The Morgan fingerprint density at radius 1 is 1.06 bits per heavy atom. The van der Waals surface area contributed by atoms with Crippen LogP contribution in [0.5, 0.6) is 0 Å². The van der Waals surface area contributed by atoms with E-state index in [1.807, 2.05) is 18.2 Å². The van der Waals surface area contributed by atoms with Gasteiger partial charge in [-0.2, -0.15) is 0 Å². The fourth-order valence-corrected chi connectivity index (χ4v) is 1.97. The molecule has 0 bridgehead atoms. The monoisotopic (exact) mass is 246 g/mol. The van der Waals surface area contributed by atoms with Gasteiger partial charge in [0.2, 0.25) is 0 Å². The lowest BCUT2D eigenvalue weighted by Gasteiger charge is -2.14. The molecule has 2 rings (SSSR count). The van der Waals surface area contributed by atoms with E-state index in [1.54, 1.807) is 6.07 Å². The van der Waals surface area contributed by atoms with Crippen molar-refractivity contribution in [1.29, 1.82) is 0 Å². The summed E-state index contributed by atoms with van der Waals surface area (Å²) in [5.41, 5.74) is 10.9. The van der Waals surface area contributed by atoms with Crippen LogP contribution in [0.25, 0.3) is 0 Å². The first kappa shape index (κ1) is 11.8. The minimum atomic E-state index is 0.648. The Morgan fingerprint density at radius 2 is 1.71 bits per heavy atom. The van der Waals surface area contributed by atoms with E-state index in [2.05, 4.69) is 31.3 Å². The van der Waals surface area contributed by atoms with Crippen molar-refractivity contribution in [3.05, 3.63) is 52.5 Å². The Kier molecular flexibility index (Phi) is 3.25. The molecule has 0 unspecified atom stereocenters. The van der Waals surface area contributed by atoms with Crippen molar-refractivity contribution >= 4 is 28.7 Å². The number of nitrogens with two attached hydrogens (primary N) is 1. The molecular weight excluding hydrogens is 232 g/mol. The molecule has 0 aliphatic rings. The first-order valence-corrected chi connectivity index (χ1v) is 5.84. The highest BCUT2D eigenvalue weighted by Gasteiger charge is 2.05. The quantitative estimate of drug-likeness (QED) is 0.776. The zero-order chi connectivity index (χ0) is 12.4. The second-order valence-electron chi connectivity index (χ2n) is 4.12. The van der Waals surface area contributed by atoms with Crippen LogP contribution in [0, 0.1) is 13.8 Å². The second kappa shape index (κ2) is 4.68. The largest absolute Gasteiger partial charge is 0.397 e. The van der Waals surface area contributed by atoms with Crippen LogP contribution in [-0.4, -0.2) is 0 Å². The fourth-order valence-electron chi connectivity index (χ4n) is 1.79. The number of halogens is 1. The molecule has 0 aliphatic heterocycles. The molecule has 2 aromatic rings. The Morgan fingerprint density at radius 3 is 2.29 bits per heavy atom. The van der Waals surface area contributed by atoms with Crippen molar-refractivity contribution in [2.24, 2.45) is 0 Å². The number of para-hydroxylation sites is 1. The Bertz CT molecular complexity index is 530. The first-order valence-electron chi connectivity index (χ1n) is 5.46. The van der Waals surface area contributed by atoms with Gasteiger partial charge in [-0.3, -0.25) is 0 Å². The third-order valence-electron chi connectivity index (χ3n) is 2.75. The molecule has 0 aliphatic carbocycles. The highest BCUT2D eigenvalue weighted by molar-refractivity contribution is 6.31. The molecule has 0 fully saturated rings. The lowest BCUT2D eigenvalue weighted by atomic mass is 10.1. The molecular formula is C14H15ClN2. The van der Waals surface area contributed by atoms with Crippen molar-refractivity contribution in [1.82, 2.24) is 0 Å². The van der Waals surface area contributed by atoms with Crippen LogP contribution in [-0.2, 0) is 0 Å². The van der Waals surface area contributed by atoms with E-state index >= 15 is 0 Å². The van der Waals surface area contributed by atoms with Crippen LogP contribution < -0.4 is 11.1 Å². The third-order valence-corrected chi connectivity index (χ3v) is 2.99. The van der Waals surface area contributed by atoms with Gasteiger partial charge >= 0.3 is 0 Å². The summed E-state index contributed by atoms with van der Waals surface area (Å²) in [5, 5.41) is 4.00. The SMILES string of the molecule is Cc1cccc(C)c1Nc1ccc(Cl)cc1N. The zero-order valence-corrected chi connectivity index (χ0v) is 10.7. The van der Waals surface area contributed by atoms with Crippen molar-refractivity contribution in [3.8, 4) is 0 Å². The second-order valence-corrected chi connectivity index (χ2v) is 4.56. The fraction of sp³-hybridized carbons (Fsp3) is 0.143. The lowest BCUT2D eigenvalue weighted by molar-refractivity contribution is 1.36. The molecule has 0 spiro atoms. The summed E-state index contributed by atoms with van der Waals surface area (Å²) in [4.78, 5) is 0. The van der Waals surface area contributed by atoms with E-state index in [0.29, 0.717) is 10.7 Å². The van der Waals surface area contributed by atoms with Gasteiger partial charge in [0.15, 0.2) is 0 Å². The molecule has 0 heterocycles. The molecule has 0 atom stereocenters. The summed E-state index contributed by atoms with van der Waals surface area (Å²) in [7, 11) is 0. The van der Waals surface area contributed by atoms with Gasteiger partial charge in [-0.05, 0) is 43.2 Å². The van der Waals surface area contributed by atoms with Gasteiger partial charge in [0.05, 0.1) is 11.4 Å². The Labute approximate surface area is 106 Å². The van der Waals surface area contributed by atoms with E-state index in [-0.39, 0.29) is 0 Å². The molecule has 0 amide bonds. The van der Waals surface area contributed by atoms with Gasteiger partial charge < -0.3 is 11.1 Å². The molecule has 0 aromatic heterocycles. The maximum atomic E-state index is 5.92. The summed E-state index contributed by atoms with van der Waals surface area (Å²) in [6.07, 6.45) is 0. The summed E-state index contributed by atoms with van der Waals surface area (Å²) in [6, 6.07) is 11.7. The Balaban J connectivity index is 2.38. The number of aryl methyl sites for hydroxylation is 2. The number of benzene rings is 2. The molecule has 3 N–H and O–H groups in total. The first-order chi connectivity index (χ1) is 8.08. The standard InChI is InChI=1S/C14H15ClN2/c1-9-4-3-5-10(2)14(9)17-13-7-6-11(15)8-12(13)16/h3-8,17H,16H2,1-2H3. The van der Waals surface area contributed by atoms with Crippen molar-refractivity contribution in [2.75, 3.05) is 11.1 Å². The number of hydrogen-bond donors (Lipinski definition) is 2. The molecule has 2 nitrogen and oxygen atoms in total. The minimum absolute atomic E-state index is 0.648. The van der Waals surface area contributed by atoms with Gasteiger partial charge in [0.25, 0.3) is 0 Å². The van der Waals surface area contributed by atoms with E-state index in [0.717, 1.165) is 11.4 Å². The summed E-state index contributed by atoms with van der Waals surface area (Å²) < 4.78 is 0. The lowest BCUT2D eigenvalue weighted by Crippen LogP contribution is -1.99. The van der Waals surface area contributed by atoms with E-state index in [1.165, 1.54) is 11.1 Å². The minimum Gasteiger partial charge on any atom is -0.397 e. The van der Waals surface area contributed by atoms with E-state index < -0.39 is 0 Å². The number of nitrogen functional groups attached to an aromatic ring is 1. The topological polar surface area (TPSA) is 38.0 Å². The summed E-state index contributed by atoms with van der Waals surface area (Å²) in [6.45, 7) is 4.14. The number of hydrogen-bond acceptors (Lipinski definition) is 2. The van der Waals surface area contributed by atoms with E-state index in [9.17, 15) is 0 Å². The van der Waals surface area contributed by atoms with Crippen LogP contribution >= 0.6 is 11.6 Å². The smallest absolute Gasteiger partial charge is 0.0619 e. The molecule has 0 saturated heterocycles. The van der Waals surface area contributed by atoms with Gasteiger partial charge in [-0.1, -0.05) is 29.8 Å². The summed E-state index contributed by atoms with van der Waals surface area (Å²) in [5.74, 6) is 0. The van der Waals surface area contributed by atoms with Crippen molar-refractivity contribution in [2.45, 2.75) is 13.8 Å². The maximum absolute atomic E-state index is 5.92. The molecule has 0 saturated carbocycles. The third kappa shape index (κ3) is 2.53. The normalized spacial score (nSPS) is 10.3. The molecule has 17 heavy (non-hydrogen) atoms. The average Bonchev–Trinajstić information content (AvgIpc) is 2.26. The van der Waals surface area contributed by atoms with Crippen LogP contribution in [0.4, 0.5) is 17.1 Å². The average molecular weight is 247 g/mol. The van der Waals surface area contributed by atoms with Gasteiger partial charge in [-0.15, -0.1) is 0 Å². The summed E-state index contributed by atoms with van der Waals surface area (Å²) >= 11 is 5.87. The highest BCUT2D eigenvalue weighted by Crippen LogP contribution is 2.29. The van der Waals surface area contributed by atoms with Gasteiger partial charge in [0, 0.05) is 10.7 Å². The van der Waals surface area contributed by atoms with Crippen LogP contribution in [0.3, 0.4) is 0 Å². The van der Waals surface area contributed by atoms with Crippen molar-refractivity contribution < 1.29 is 0 Å². The molecule has 88 valence electrons. The highest BCUT2D eigenvalue weighted by atomic mass is 35.5.